The summed E-state index contributed by atoms with van der Waals surface area (Å²) in [6.07, 6.45) is 1.45. The molecule has 1 amide bonds. The van der Waals surface area contributed by atoms with E-state index in [0.717, 1.165) is 0 Å². The first-order valence-corrected chi connectivity index (χ1v) is 7.50. The Labute approximate surface area is 135 Å². The van der Waals surface area contributed by atoms with Crippen LogP contribution in [0, 0.1) is 18.3 Å². The van der Waals surface area contributed by atoms with Gasteiger partial charge < -0.3 is 15.2 Å². The molecule has 1 aromatic heterocycles. The maximum atomic E-state index is 12.3. The second-order valence-corrected chi connectivity index (χ2v) is 6.01. The van der Waals surface area contributed by atoms with Crippen LogP contribution < -0.4 is 5.32 Å². The largest absolute Gasteiger partial charge is 0.394 e. The molecule has 124 valence electrons. The highest BCUT2D eigenvalue weighted by Crippen LogP contribution is 2.21. The van der Waals surface area contributed by atoms with Crippen molar-refractivity contribution in [3.8, 4) is 6.07 Å². The number of hydrogen-bond donors (Lipinski definition) is 2. The molecule has 0 bridgehead atoms. The molecule has 2 atom stereocenters. The first-order chi connectivity index (χ1) is 10.9. The number of rotatable bonds is 4. The van der Waals surface area contributed by atoms with E-state index in [1.807, 2.05) is 24.9 Å². The Morgan fingerprint density at radius 2 is 2.43 bits per heavy atom. The molecule has 7 nitrogen and oxygen atoms in total. The van der Waals surface area contributed by atoms with Crippen LogP contribution in [-0.2, 0) is 4.74 Å². The number of pyridine rings is 1. The van der Waals surface area contributed by atoms with Crippen LogP contribution in [0.5, 0.6) is 0 Å². The van der Waals surface area contributed by atoms with Crippen LogP contribution >= 0.6 is 0 Å². The van der Waals surface area contributed by atoms with Crippen molar-refractivity contribution in [1.29, 1.82) is 5.26 Å². The highest BCUT2D eigenvalue weighted by molar-refractivity contribution is 5.94. The fourth-order valence-electron chi connectivity index (χ4n) is 2.61. The maximum Gasteiger partial charge on any atom is 0.252 e. The van der Waals surface area contributed by atoms with Crippen LogP contribution in [0.3, 0.4) is 0 Å². The number of aliphatic hydroxyl groups is 1. The van der Waals surface area contributed by atoms with Crippen LogP contribution in [0.4, 0.5) is 0 Å². The number of likely N-dealkylation sites (N-methyl/N-ethyl adjacent to an activating group) is 1. The number of amides is 1. The van der Waals surface area contributed by atoms with E-state index in [-0.39, 0.29) is 25.1 Å². The lowest BCUT2D eigenvalue weighted by atomic mass is 9.96. The quantitative estimate of drug-likeness (QED) is 0.815. The second-order valence-electron chi connectivity index (χ2n) is 6.01. The van der Waals surface area contributed by atoms with Gasteiger partial charge in [0.1, 0.15) is 6.07 Å². The van der Waals surface area contributed by atoms with Crippen molar-refractivity contribution >= 4 is 5.91 Å². The van der Waals surface area contributed by atoms with Gasteiger partial charge >= 0.3 is 0 Å². The number of nitrogens with zero attached hydrogens (tertiary/aromatic N) is 3. The third-order valence-electron chi connectivity index (χ3n) is 4.48. The van der Waals surface area contributed by atoms with E-state index in [9.17, 15) is 9.90 Å². The van der Waals surface area contributed by atoms with Crippen molar-refractivity contribution in [3.05, 3.63) is 29.1 Å². The molecular formula is C16H22N4O3. The Morgan fingerprint density at radius 3 is 3.09 bits per heavy atom. The van der Waals surface area contributed by atoms with Gasteiger partial charge in [-0.1, -0.05) is 0 Å². The summed E-state index contributed by atoms with van der Waals surface area (Å²) in [5, 5.41) is 21.6. The zero-order valence-electron chi connectivity index (χ0n) is 13.7. The van der Waals surface area contributed by atoms with E-state index in [1.54, 1.807) is 6.92 Å². The molecule has 2 heterocycles. The van der Waals surface area contributed by atoms with Gasteiger partial charge in [0.2, 0.25) is 0 Å². The molecule has 1 aromatic rings. The first kappa shape index (κ1) is 17.3. The Morgan fingerprint density at radius 1 is 1.70 bits per heavy atom. The number of morpholine rings is 1. The molecule has 1 aliphatic rings. The minimum Gasteiger partial charge on any atom is -0.394 e. The molecule has 1 saturated heterocycles. The number of hydrogen-bond acceptors (Lipinski definition) is 6. The molecule has 2 N–H and O–H groups in total. The number of carbonyl (C=O) groups excluding carboxylic acids is 1. The molecule has 23 heavy (non-hydrogen) atoms. The minimum absolute atomic E-state index is 0.121. The Kier molecular flexibility index (Phi) is 5.31. The van der Waals surface area contributed by atoms with E-state index in [4.69, 9.17) is 10.00 Å². The molecule has 1 aliphatic heterocycles. The van der Waals surface area contributed by atoms with Crippen LogP contribution in [-0.4, -0.2) is 65.9 Å². The van der Waals surface area contributed by atoms with E-state index in [2.05, 4.69) is 10.3 Å². The van der Waals surface area contributed by atoms with Crippen LogP contribution in [0.1, 0.15) is 28.5 Å². The third kappa shape index (κ3) is 3.50. The number of aryl methyl sites for hydroxylation is 1. The lowest BCUT2D eigenvalue weighted by Gasteiger charge is -2.47. The lowest BCUT2D eigenvalue weighted by Crippen LogP contribution is -2.65. The number of nitriles is 1. The molecule has 2 rings (SSSR count). The summed E-state index contributed by atoms with van der Waals surface area (Å²) >= 11 is 0. The van der Waals surface area contributed by atoms with E-state index in [1.165, 1.54) is 12.3 Å². The summed E-state index contributed by atoms with van der Waals surface area (Å²) in [5.41, 5.74) is 0.641. The van der Waals surface area contributed by atoms with Gasteiger partial charge in [0.05, 0.1) is 42.2 Å². The number of ether oxygens (including phenoxy) is 1. The monoisotopic (exact) mass is 318 g/mol. The van der Waals surface area contributed by atoms with Crippen LogP contribution in [0.15, 0.2) is 12.3 Å². The molecule has 0 radical (unpaired) electrons. The van der Waals surface area contributed by atoms with Gasteiger partial charge in [-0.25, -0.2) is 0 Å². The molecule has 0 aromatic carbocycles. The van der Waals surface area contributed by atoms with Crippen LogP contribution in [0.25, 0.3) is 0 Å². The Hall–Kier alpha value is -2.01. The van der Waals surface area contributed by atoms with Crippen molar-refractivity contribution in [2.75, 3.05) is 33.4 Å². The molecule has 0 unspecified atom stereocenters. The smallest absolute Gasteiger partial charge is 0.252 e. The average molecular weight is 318 g/mol. The summed E-state index contributed by atoms with van der Waals surface area (Å²) in [5.74, 6) is -0.326. The summed E-state index contributed by atoms with van der Waals surface area (Å²) in [7, 11) is 1.91. The maximum absolute atomic E-state index is 12.3. The predicted octanol–water partition coefficient (Wildman–Crippen LogP) is 0.0731. The zero-order chi connectivity index (χ0) is 17.0. The molecule has 0 saturated carbocycles. The van der Waals surface area contributed by atoms with Gasteiger partial charge in [0.15, 0.2) is 0 Å². The summed E-state index contributed by atoms with van der Waals surface area (Å²) < 4.78 is 5.54. The molecular weight excluding hydrogens is 296 g/mol. The highest BCUT2D eigenvalue weighted by atomic mass is 16.5. The number of aliphatic hydroxyl groups excluding tert-OH is 1. The van der Waals surface area contributed by atoms with Gasteiger partial charge in [-0.05, 0) is 27.0 Å². The van der Waals surface area contributed by atoms with E-state index in [0.29, 0.717) is 30.0 Å². The standard InChI is InChI=1S/C16H22N4O3/c1-11-7-23-10-16(9-21,20(11)3)8-19-15(22)14-4-13(5-17)12(2)18-6-14/h4,6,11,21H,7-10H2,1-3H3,(H,19,22)/t11-,16+/m1/s1. The second kappa shape index (κ2) is 7.04. The van der Waals surface area contributed by atoms with Gasteiger partial charge in [0, 0.05) is 18.8 Å². The number of carbonyl (C=O) groups is 1. The van der Waals surface area contributed by atoms with Crippen molar-refractivity contribution in [3.63, 3.8) is 0 Å². The fraction of sp³-hybridized carbons (Fsp3) is 0.562. The molecule has 0 spiro atoms. The van der Waals surface area contributed by atoms with E-state index < -0.39 is 5.54 Å². The van der Waals surface area contributed by atoms with Gasteiger partial charge in [-0.15, -0.1) is 0 Å². The lowest BCUT2D eigenvalue weighted by molar-refractivity contribution is -0.105. The summed E-state index contributed by atoms with van der Waals surface area (Å²) in [6.45, 7) is 4.80. The average Bonchev–Trinajstić information content (AvgIpc) is 2.56. The molecule has 1 fully saturated rings. The van der Waals surface area contributed by atoms with Crippen molar-refractivity contribution in [1.82, 2.24) is 15.2 Å². The van der Waals surface area contributed by atoms with Crippen molar-refractivity contribution in [2.45, 2.75) is 25.4 Å². The van der Waals surface area contributed by atoms with Crippen LogP contribution in [0.2, 0.25) is 0 Å². The number of aromatic nitrogens is 1. The minimum atomic E-state index is -0.649. The topological polar surface area (TPSA) is 98.5 Å². The molecule has 7 heteroatoms. The van der Waals surface area contributed by atoms with Crippen molar-refractivity contribution in [2.24, 2.45) is 0 Å². The predicted molar refractivity (Wildman–Crippen MR) is 83.9 cm³/mol. The summed E-state index contributed by atoms with van der Waals surface area (Å²) in [4.78, 5) is 18.4. The fourth-order valence-corrected chi connectivity index (χ4v) is 2.61. The zero-order valence-corrected chi connectivity index (χ0v) is 13.7. The van der Waals surface area contributed by atoms with Gasteiger partial charge in [-0.3, -0.25) is 14.7 Å². The third-order valence-corrected chi connectivity index (χ3v) is 4.48. The highest BCUT2D eigenvalue weighted by Gasteiger charge is 2.40. The first-order valence-electron chi connectivity index (χ1n) is 7.50. The number of nitrogens with one attached hydrogen (secondary N) is 1. The molecule has 0 aliphatic carbocycles. The van der Waals surface area contributed by atoms with Gasteiger partial charge in [-0.2, -0.15) is 5.26 Å². The SMILES string of the molecule is Cc1ncc(C(=O)NC[C@]2(CO)COC[C@@H](C)N2C)cc1C#N. The van der Waals surface area contributed by atoms with E-state index >= 15 is 0 Å². The Balaban J connectivity index is 2.10. The van der Waals surface area contributed by atoms with Crippen molar-refractivity contribution < 1.29 is 14.6 Å². The Bertz CT molecular complexity index is 628. The normalized spacial score (nSPS) is 24.9. The van der Waals surface area contributed by atoms with Gasteiger partial charge in [0.25, 0.3) is 5.91 Å². The summed E-state index contributed by atoms with van der Waals surface area (Å²) in [6, 6.07) is 3.69.